The highest BCUT2D eigenvalue weighted by atomic mass is 16.7. The average molecular weight is 685 g/mol. The van der Waals surface area contributed by atoms with E-state index in [1.165, 1.54) is 64.2 Å². The number of hydrogen-bond donors (Lipinski definition) is 0. The van der Waals surface area contributed by atoms with Crippen LogP contribution in [0.3, 0.4) is 0 Å². The van der Waals surface area contributed by atoms with Crippen molar-refractivity contribution in [3.63, 3.8) is 0 Å². The standard InChI is InChI=1S/C43H72O6/c1-29(2)11-10-12-30(3)36-19-20-37-35-18-14-31-27-33(22-24-42(31,6)38(35)23-25-43(36,37)7)47-39(44)21-17-32(48-40-13-8-9-26-45-40)15-16-34-28-46-41(4,5)49-34/h15-16,29-38,40H,8-14,17-28H2,1-7H3/b16-15+/t30-,31?,32?,33+,34?,35+,36-,37+,38+,40?,42+,43-/m1/s1. The minimum atomic E-state index is -0.570. The smallest absolute Gasteiger partial charge is 0.306 e. The van der Waals surface area contributed by atoms with E-state index in [2.05, 4.69) is 34.6 Å². The maximum atomic E-state index is 13.3. The second-order valence-corrected chi connectivity index (χ2v) is 18.8. The van der Waals surface area contributed by atoms with Crippen molar-refractivity contribution in [1.29, 1.82) is 0 Å². The predicted molar refractivity (Wildman–Crippen MR) is 195 cm³/mol. The predicted octanol–water partition coefficient (Wildman–Crippen LogP) is 10.4. The van der Waals surface area contributed by atoms with E-state index < -0.39 is 5.79 Å². The molecule has 280 valence electrons. The van der Waals surface area contributed by atoms with Crippen LogP contribution < -0.4 is 0 Å². The van der Waals surface area contributed by atoms with Crippen molar-refractivity contribution >= 4 is 5.97 Å². The lowest BCUT2D eigenvalue weighted by molar-refractivity contribution is -0.182. The molecule has 2 heterocycles. The van der Waals surface area contributed by atoms with Gasteiger partial charge in [0.2, 0.25) is 0 Å². The van der Waals surface area contributed by atoms with Gasteiger partial charge in [-0.05, 0) is 150 Å². The monoisotopic (exact) mass is 685 g/mol. The Morgan fingerprint density at radius 1 is 0.878 bits per heavy atom. The highest BCUT2D eigenvalue weighted by Crippen LogP contribution is 2.68. The number of esters is 1. The summed E-state index contributed by atoms with van der Waals surface area (Å²) in [5.41, 5.74) is 0.946. The van der Waals surface area contributed by atoms with Crippen LogP contribution in [0.1, 0.15) is 158 Å². The number of ether oxygens (including phenoxy) is 5. The molecule has 49 heavy (non-hydrogen) atoms. The molecular weight excluding hydrogens is 612 g/mol. The van der Waals surface area contributed by atoms with Crippen molar-refractivity contribution in [3.05, 3.63) is 12.2 Å². The van der Waals surface area contributed by atoms with Gasteiger partial charge in [0, 0.05) is 13.0 Å². The van der Waals surface area contributed by atoms with Gasteiger partial charge in [0.15, 0.2) is 12.1 Å². The first-order valence-electron chi connectivity index (χ1n) is 20.8. The number of rotatable bonds is 13. The van der Waals surface area contributed by atoms with Gasteiger partial charge in [0.25, 0.3) is 0 Å². The summed E-state index contributed by atoms with van der Waals surface area (Å²) in [7, 11) is 0. The van der Waals surface area contributed by atoms with E-state index in [-0.39, 0.29) is 30.6 Å². The van der Waals surface area contributed by atoms with Crippen LogP contribution in [0.2, 0.25) is 0 Å². The summed E-state index contributed by atoms with van der Waals surface area (Å²) in [5.74, 6) is 5.30. The minimum Gasteiger partial charge on any atom is -0.462 e. The van der Waals surface area contributed by atoms with Gasteiger partial charge in [0.05, 0.1) is 12.7 Å². The lowest BCUT2D eigenvalue weighted by Crippen LogP contribution is -2.54. The van der Waals surface area contributed by atoms with Crippen LogP contribution in [0.5, 0.6) is 0 Å². The zero-order valence-electron chi connectivity index (χ0n) is 32.4. The molecule has 0 aromatic rings. The third-order valence-electron chi connectivity index (χ3n) is 14.8. The molecule has 6 rings (SSSR count). The van der Waals surface area contributed by atoms with E-state index in [9.17, 15) is 4.79 Å². The Kier molecular flexibility index (Phi) is 12.3. The fourth-order valence-corrected chi connectivity index (χ4v) is 12.1. The molecule has 4 unspecified atom stereocenters. The van der Waals surface area contributed by atoms with E-state index in [0.717, 1.165) is 74.2 Å². The van der Waals surface area contributed by atoms with E-state index in [1.807, 2.05) is 26.0 Å². The van der Waals surface area contributed by atoms with Crippen molar-refractivity contribution in [1.82, 2.24) is 0 Å². The summed E-state index contributed by atoms with van der Waals surface area (Å²) in [6.45, 7) is 17.8. The van der Waals surface area contributed by atoms with Gasteiger partial charge in [0.1, 0.15) is 12.2 Å². The summed E-state index contributed by atoms with van der Waals surface area (Å²) in [4.78, 5) is 13.3. The molecule has 6 fully saturated rings. The van der Waals surface area contributed by atoms with Gasteiger partial charge in [-0.2, -0.15) is 0 Å². The lowest BCUT2D eigenvalue weighted by Gasteiger charge is -2.61. The van der Waals surface area contributed by atoms with Crippen LogP contribution >= 0.6 is 0 Å². The zero-order valence-corrected chi connectivity index (χ0v) is 32.4. The fourth-order valence-electron chi connectivity index (χ4n) is 12.1. The summed E-state index contributed by atoms with van der Waals surface area (Å²) in [5, 5.41) is 0. The van der Waals surface area contributed by atoms with Gasteiger partial charge >= 0.3 is 5.97 Å². The highest BCUT2D eigenvalue weighted by Gasteiger charge is 2.60. The number of carbonyl (C=O) groups excluding carboxylic acids is 1. The van der Waals surface area contributed by atoms with Crippen LogP contribution in [0.25, 0.3) is 0 Å². The maximum Gasteiger partial charge on any atom is 0.306 e. The molecule has 0 bridgehead atoms. The van der Waals surface area contributed by atoms with Crippen molar-refractivity contribution in [2.45, 2.75) is 188 Å². The van der Waals surface area contributed by atoms with Gasteiger partial charge in [-0.15, -0.1) is 0 Å². The highest BCUT2D eigenvalue weighted by molar-refractivity contribution is 5.69. The first kappa shape index (κ1) is 37.8. The Morgan fingerprint density at radius 3 is 2.41 bits per heavy atom. The molecule has 4 saturated carbocycles. The van der Waals surface area contributed by atoms with Crippen LogP contribution in [-0.2, 0) is 28.5 Å². The molecule has 6 nitrogen and oxygen atoms in total. The van der Waals surface area contributed by atoms with Crippen LogP contribution in [0.15, 0.2) is 12.2 Å². The summed E-state index contributed by atoms with van der Waals surface area (Å²) in [6, 6.07) is 0. The van der Waals surface area contributed by atoms with Crippen LogP contribution in [0, 0.1) is 52.3 Å². The topological polar surface area (TPSA) is 63.2 Å². The zero-order chi connectivity index (χ0) is 34.8. The molecule has 0 aromatic heterocycles. The van der Waals surface area contributed by atoms with Crippen molar-refractivity contribution in [3.8, 4) is 0 Å². The van der Waals surface area contributed by atoms with Crippen LogP contribution in [-0.4, -0.2) is 49.6 Å². The molecule has 0 aromatic carbocycles. The molecule has 6 aliphatic rings. The van der Waals surface area contributed by atoms with Crippen molar-refractivity contribution in [2.24, 2.45) is 52.3 Å². The first-order valence-corrected chi connectivity index (χ1v) is 20.8. The Morgan fingerprint density at radius 2 is 1.67 bits per heavy atom. The molecule has 6 heteroatoms. The minimum absolute atomic E-state index is 0.0568. The van der Waals surface area contributed by atoms with E-state index in [1.54, 1.807) is 0 Å². The van der Waals surface area contributed by atoms with E-state index >= 15 is 0 Å². The Labute approximate surface area is 299 Å². The molecule has 12 atom stereocenters. The van der Waals surface area contributed by atoms with E-state index in [4.69, 9.17) is 23.7 Å². The average Bonchev–Trinajstić information content (AvgIpc) is 3.60. The maximum absolute atomic E-state index is 13.3. The molecule has 0 amide bonds. The summed E-state index contributed by atoms with van der Waals surface area (Å²) in [6.07, 6.45) is 23.6. The van der Waals surface area contributed by atoms with Crippen molar-refractivity contribution < 1.29 is 28.5 Å². The van der Waals surface area contributed by atoms with Gasteiger partial charge in [-0.1, -0.05) is 66.0 Å². The lowest BCUT2D eigenvalue weighted by atomic mass is 9.44. The second-order valence-electron chi connectivity index (χ2n) is 18.8. The second kappa shape index (κ2) is 16.0. The van der Waals surface area contributed by atoms with Gasteiger partial charge in [-0.25, -0.2) is 0 Å². The molecule has 2 saturated heterocycles. The molecule has 0 N–H and O–H groups in total. The number of hydrogen-bond acceptors (Lipinski definition) is 6. The Hall–Kier alpha value is -0.950. The first-order chi connectivity index (χ1) is 23.4. The van der Waals surface area contributed by atoms with Crippen LogP contribution in [0.4, 0.5) is 0 Å². The molecule has 0 radical (unpaired) electrons. The third-order valence-corrected chi connectivity index (χ3v) is 14.8. The Balaban J connectivity index is 0.998. The normalized spacial score (nSPS) is 41.6. The summed E-state index contributed by atoms with van der Waals surface area (Å²) < 4.78 is 30.2. The quantitative estimate of drug-likeness (QED) is 0.142. The Bertz CT molecular complexity index is 1110. The molecule has 4 aliphatic carbocycles. The molecular formula is C43H72O6. The third kappa shape index (κ3) is 8.82. The fraction of sp³-hybridized carbons (Fsp3) is 0.930. The summed E-state index contributed by atoms with van der Waals surface area (Å²) >= 11 is 0. The van der Waals surface area contributed by atoms with Crippen molar-refractivity contribution in [2.75, 3.05) is 13.2 Å². The molecule has 0 spiro atoms. The largest absolute Gasteiger partial charge is 0.462 e. The van der Waals surface area contributed by atoms with Gasteiger partial charge in [-0.3, -0.25) is 4.79 Å². The van der Waals surface area contributed by atoms with Gasteiger partial charge < -0.3 is 23.7 Å². The number of fused-ring (bicyclic) bond motifs is 5. The molecule has 2 aliphatic heterocycles. The number of carbonyl (C=O) groups is 1. The SMILES string of the molecule is CC(C)CCC[C@@H](C)[C@H]1CC[C@H]2[C@@H]3CCC4C[C@@H](OC(=O)CCC(/C=C/C5COC(C)(C)O5)OC5CCCCO5)CC[C@]4(C)[C@H]3CC[C@]12C. The van der Waals surface area contributed by atoms with E-state index in [0.29, 0.717) is 36.2 Å².